The molecule has 1 aromatic heterocycles. The molecule has 2 saturated heterocycles. The van der Waals surface area contributed by atoms with Crippen LogP contribution >= 0.6 is 0 Å². The van der Waals surface area contributed by atoms with E-state index in [-0.39, 0.29) is 24.0 Å². The topological polar surface area (TPSA) is 93.6 Å². The number of carbonyl (C=O) groups is 2. The minimum Gasteiger partial charge on any atom is -0.384 e. The van der Waals surface area contributed by atoms with Gasteiger partial charge in [-0.15, -0.1) is 0 Å². The monoisotopic (exact) mass is 400 g/mol. The zero-order valence-corrected chi connectivity index (χ0v) is 16.5. The van der Waals surface area contributed by atoms with Crippen molar-refractivity contribution in [2.75, 3.05) is 44.8 Å². The Balaban J connectivity index is 1.29. The highest BCUT2D eigenvalue weighted by atomic mass is 16.5. The quantitative estimate of drug-likeness (QED) is 0.459. The first kappa shape index (κ1) is 19.9. The van der Waals surface area contributed by atoms with Gasteiger partial charge in [0.15, 0.2) is 0 Å². The third-order valence-electron chi connectivity index (χ3n) is 5.37. The van der Waals surface area contributed by atoms with E-state index < -0.39 is 0 Å². The van der Waals surface area contributed by atoms with Crippen LogP contribution in [-0.4, -0.2) is 61.9 Å². The van der Waals surface area contributed by atoms with Crippen LogP contribution in [0, 0.1) is 0 Å². The van der Waals surface area contributed by atoms with Crippen LogP contribution in [0.2, 0.25) is 0 Å². The molecule has 156 valence electrons. The van der Waals surface area contributed by atoms with Crippen molar-refractivity contribution in [3.63, 3.8) is 0 Å². The SMILES string of the molecule is O=C1CCC(n2cc3cccc(NCCCOC[C@H]4CNCCO4)c3c2)C(=O)N1. The molecule has 0 spiro atoms. The molecule has 2 atom stereocenters. The van der Waals surface area contributed by atoms with Crippen molar-refractivity contribution in [3.05, 3.63) is 30.6 Å². The molecule has 0 aliphatic carbocycles. The number of fused-ring (bicyclic) bond motifs is 1. The predicted molar refractivity (Wildman–Crippen MR) is 110 cm³/mol. The molecule has 3 heterocycles. The van der Waals surface area contributed by atoms with Gasteiger partial charge in [0.25, 0.3) is 0 Å². The van der Waals surface area contributed by atoms with E-state index >= 15 is 0 Å². The number of benzene rings is 1. The molecule has 29 heavy (non-hydrogen) atoms. The molecule has 2 aliphatic rings. The first-order valence-electron chi connectivity index (χ1n) is 10.3. The number of nitrogens with zero attached hydrogens (tertiary/aromatic N) is 1. The molecule has 0 bridgehead atoms. The summed E-state index contributed by atoms with van der Waals surface area (Å²) in [6, 6.07) is 5.74. The number of nitrogens with one attached hydrogen (secondary N) is 3. The van der Waals surface area contributed by atoms with Crippen LogP contribution in [0.15, 0.2) is 30.6 Å². The third kappa shape index (κ3) is 4.95. The molecule has 8 nitrogen and oxygen atoms in total. The number of ether oxygens (including phenoxy) is 2. The van der Waals surface area contributed by atoms with E-state index in [1.54, 1.807) is 0 Å². The molecule has 0 radical (unpaired) electrons. The summed E-state index contributed by atoms with van der Waals surface area (Å²) < 4.78 is 13.3. The average Bonchev–Trinajstić information content (AvgIpc) is 3.16. The molecule has 1 aromatic carbocycles. The summed E-state index contributed by atoms with van der Waals surface area (Å²) in [5.41, 5.74) is 1.04. The van der Waals surface area contributed by atoms with Crippen LogP contribution in [0.3, 0.4) is 0 Å². The summed E-state index contributed by atoms with van der Waals surface area (Å²) in [7, 11) is 0. The first-order chi connectivity index (χ1) is 14.2. The smallest absolute Gasteiger partial charge is 0.249 e. The van der Waals surface area contributed by atoms with Gasteiger partial charge in [0.1, 0.15) is 6.04 Å². The van der Waals surface area contributed by atoms with Gasteiger partial charge in [0.05, 0.1) is 19.3 Å². The van der Waals surface area contributed by atoms with E-state index in [0.717, 1.165) is 49.1 Å². The van der Waals surface area contributed by atoms with Crippen molar-refractivity contribution in [3.8, 4) is 0 Å². The van der Waals surface area contributed by atoms with E-state index in [9.17, 15) is 9.59 Å². The van der Waals surface area contributed by atoms with Gasteiger partial charge in [-0.05, 0) is 18.9 Å². The number of morpholine rings is 1. The maximum absolute atomic E-state index is 12.2. The lowest BCUT2D eigenvalue weighted by Gasteiger charge is -2.23. The number of aromatic nitrogens is 1. The van der Waals surface area contributed by atoms with Crippen molar-refractivity contribution >= 4 is 28.3 Å². The Morgan fingerprint density at radius 2 is 2.21 bits per heavy atom. The molecule has 2 aliphatic heterocycles. The molecule has 1 unspecified atom stereocenters. The van der Waals surface area contributed by atoms with E-state index in [2.05, 4.69) is 16.0 Å². The van der Waals surface area contributed by atoms with Crippen molar-refractivity contribution in [1.82, 2.24) is 15.2 Å². The molecule has 4 rings (SSSR count). The second kappa shape index (κ2) is 9.39. The van der Waals surface area contributed by atoms with Crippen LogP contribution in [0.5, 0.6) is 0 Å². The molecule has 2 aromatic rings. The number of imide groups is 1. The lowest BCUT2D eigenvalue weighted by molar-refractivity contribution is -0.135. The van der Waals surface area contributed by atoms with Gasteiger partial charge >= 0.3 is 0 Å². The molecular formula is C21H28N4O4. The van der Waals surface area contributed by atoms with E-state index in [1.807, 2.05) is 35.2 Å². The number of hydrogen-bond acceptors (Lipinski definition) is 6. The van der Waals surface area contributed by atoms with E-state index in [4.69, 9.17) is 9.47 Å². The molecular weight excluding hydrogens is 372 g/mol. The highest BCUT2D eigenvalue weighted by Crippen LogP contribution is 2.28. The normalized spacial score (nSPS) is 22.6. The molecule has 3 N–H and O–H groups in total. The van der Waals surface area contributed by atoms with Crippen molar-refractivity contribution in [2.45, 2.75) is 31.4 Å². The Labute approximate surface area is 169 Å². The van der Waals surface area contributed by atoms with Gasteiger partial charge in [-0.1, -0.05) is 12.1 Å². The zero-order chi connectivity index (χ0) is 20.1. The second-order valence-corrected chi connectivity index (χ2v) is 7.53. The molecule has 2 fully saturated rings. The Hall–Kier alpha value is -2.42. The summed E-state index contributed by atoms with van der Waals surface area (Å²) >= 11 is 0. The van der Waals surface area contributed by atoms with E-state index in [1.165, 1.54) is 0 Å². The first-order valence-corrected chi connectivity index (χ1v) is 10.3. The van der Waals surface area contributed by atoms with Crippen molar-refractivity contribution in [2.24, 2.45) is 0 Å². The number of carbonyl (C=O) groups excluding carboxylic acids is 2. The summed E-state index contributed by atoms with van der Waals surface area (Å²) in [6.07, 6.45) is 5.91. The van der Waals surface area contributed by atoms with Gasteiger partial charge in [-0.3, -0.25) is 14.9 Å². The highest BCUT2D eigenvalue weighted by Gasteiger charge is 2.27. The Bertz CT molecular complexity index is 859. The van der Waals surface area contributed by atoms with Crippen molar-refractivity contribution < 1.29 is 19.1 Å². The van der Waals surface area contributed by atoms with Gasteiger partial charge in [-0.25, -0.2) is 0 Å². The Kier molecular flexibility index (Phi) is 6.43. The maximum atomic E-state index is 12.2. The largest absolute Gasteiger partial charge is 0.384 e. The Morgan fingerprint density at radius 3 is 3.03 bits per heavy atom. The predicted octanol–water partition coefficient (Wildman–Crippen LogP) is 1.43. The lowest BCUT2D eigenvalue weighted by atomic mass is 10.1. The van der Waals surface area contributed by atoms with Crippen molar-refractivity contribution in [1.29, 1.82) is 0 Å². The fraction of sp³-hybridized carbons (Fsp3) is 0.524. The third-order valence-corrected chi connectivity index (χ3v) is 5.37. The van der Waals surface area contributed by atoms with Crippen LogP contribution < -0.4 is 16.0 Å². The summed E-state index contributed by atoms with van der Waals surface area (Å²) in [4.78, 5) is 23.5. The van der Waals surface area contributed by atoms with Crippen LogP contribution in [-0.2, 0) is 19.1 Å². The minimum absolute atomic E-state index is 0.150. The number of amides is 2. The second-order valence-electron chi connectivity index (χ2n) is 7.53. The summed E-state index contributed by atoms with van der Waals surface area (Å²) in [6.45, 7) is 4.61. The number of piperidine rings is 1. The van der Waals surface area contributed by atoms with E-state index in [0.29, 0.717) is 26.1 Å². The summed E-state index contributed by atoms with van der Waals surface area (Å²) in [5, 5.41) is 11.3. The average molecular weight is 400 g/mol. The van der Waals surface area contributed by atoms with Gasteiger partial charge in [0.2, 0.25) is 11.8 Å². The fourth-order valence-corrected chi connectivity index (χ4v) is 3.83. The molecule has 0 saturated carbocycles. The molecule has 8 heteroatoms. The standard InChI is InChI=1S/C21H28N4O4/c26-20-6-5-19(21(27)24-20)25-12-15-3-1-4-18(17(15)13-25)23-7-2-9-28-14-16-11-22-8-10-29-16/h1,3-4,12-13,16,19,22-23H,2,5-11,14H2,(H,24,26,27)/t16-,19?/m1/s1. The van der Waals surface area contributed by atoms with Crippen LogP contribution in [0.25, 0.3) is 10.8 Å². The molecule has 2 amide bonds. The lowest BCUT2D eigenvalue weighted by Crippen LogP contribution is -2.41. The number of anilines is 1. The maximum Gasteiger partial charge on any atom is 0.249 e. The van der Waals surface area contributed by atoms with Gasteiger partial charge in [0, 0.05) is 61.5 Å². The van der Waals surface area contributed by atoms with Crippen LogP contribution in [0.1, 0.15) is 25.3 Å². The minimum atomic E-state index is -0.335. The van der Waals surface area contributed by atoms with Crippen LogP contribution in [0.4, 0.5) is 5.69 Å². The van der Waals surface area contributed by atoms with Gasteiger partial charge < -0.3 is 24.7 Å². The summed E-state index contributed by atoms with van der Waals surface area (Å²) in [5.74, 6) is -0.427. The number of rotatable bonds is 8. The fourth-order valence-electron chi connectivity index (χ4n) is 3.83. The van der Waals surface area contributed by atoms with Gasteiger partial charge in [-0.2, -0.15) is 0 Å². The Morgan fingerprint density at radius 1 is 1.28 bits per heavy atom. The number of hydrogen-bond donors (Lipinski definition) is 3. The zero-order valence-electron chi connectivity index (χ0n) is 16.5. The highest BCUT2D eigenvalue weighted by molar-refractivity contribution is 6.00.